The molecule has 0 bridgehead atoms. The number of hydrogen-bond acceptors (Lipinski definition) is 10. The van der Waals surface area contributed by atoms with E-state index in [0.717, 1.165) is 5.56 Å². The monoisotopic (exact) mass is 599 g/mol. The Morgan fingerprint density at radius 2 is 1.75 bits per heavy atom. The number of ether oxygens (including phenoxy) is 5. The lowest BCUT2D eigenvalue weighted by Crippen LogP contribution is -2.55. The lowest BCUT2D eigenvalue weighted by atomic mass is 9.65. The van der Waals surface area contributed by atoms with E-state index in [1.165, 1.54) is 33.5 Å². The summed E-state index contributed by atoms with van der Waals surface area (Å²) in [6.07, 6.45) is 1.72. The molecule has 1 amide bonds. The van der Waals surface area contributed by atoms with Crippen LogP contribution in [0.4, 0.5) is 5.69 Å². The third kappa shape index (κ3) is 3.83. The van der Waals surface area contributed by atoms with E-state index < -0.39 is 22.8 Å². The van der Waals surface area contributed by atoms with Gasteiger partial charge in [0.15, 0.2) is 17.3 Å². The van der Waals surface area contributed by atoms with Gasteiger partial charge in [0, 0.05) is 23.9 Å². The molecule has 11 nitrogen and oxygen atoms in total. The van der Waals surface area contributed by atoms with Gasteiger partial charge in [0.2, 0.25) is 17.5 Å². The summed E-state index contributed by atoms with van der Waals surface area (Å²) >= 11 is 0. The molecule has 2 atom stereocenters. The minimum absolute atomic E-state index is 0.0556. The van der Waals surface area contributed by atoms with Crippen LogP contribution in [0.2, 0.25) is 0 Å². The van der Waals surface area contributed by atoms with Gasteiger partial charge in [-0.25, -0.2) is 4.79 Å². The molecule has 44 heavy (non-hydrogen) atoms. The largest absolute Gasteiger partial charge is 0.493 e. The Balaban J connectivity index is 1.58. The van der Waals surface area contributed by atoms with Gasteiger partial charge < -0.3 is 34.3 Å². The van der Waals surface area contributed by atoms with Crippen LogP contribution in [0.25, 0.3) is 0 Å². The first-order valence-electron chi connectivity index (χ1n) is 14.3. The molecular weight excluding hydrogens is 566 g/mol. The molecular formula is C33H33N3O8. The first-order chi connectivity index (χ1) is 20.9. The van der Waals surface area contributed by atoms with Crippen molar-refractivity contribution in [3.63, 3.8) is 0 Å². The molecule has 6 rings (SSSR count). The van der Waals surface area contributed by atoms with Crippen molar-refractivity contribution < 1.29 is 38.1 Å². The molecule has 0 saturated heterocycles. The van der Waals surface area contributed by atoms with Crippen molar-refractivity contribution in [3.8, 4) is 29.1 Å². The summed E-state index contributed by atoms with van der Waals surface area (Å²) in [4.78, 5) is 43.8. The molecule has 228 valence electrons. The highest BCUT2D eigenvalue weighted by Gasteiger charge is 2.65. The van der Waals surface area contributed by atoms with Crippen LogP contribution in [0.1, 0.15) is 73.9 Å². The lowest BCUT2D eigenvalue weighted by molar-refractivity contribution is -0.125. The number of carbonyl (C=O) groups excluding carboxylic acids is 3. The lowest BCUT2D eigenvalue weighted by Gasteiger charge is -2.44. The number of nitriles is 1. The standard InChI is InChI=1S/C33H33N3O8/c1-16-14-32(2,3)36-27-19(16)12-18(43-30(38)17-10-24(40-4)28(42-6)25(11-17)41-5)13-20(27)33(31(36)39)21(15-34)29(35)44-23-9-7-8-22(37)26(23)33/h10-13,16H,7-9,14,35H2,1-6H3/t16-,33+/m1/s1. The predicted octanol–water partition coefficient (Wildman–Crippen LogP) is 4.53. The summed E-state index contributed by atoms with van der Waals surface area (Å²) in [5.74, 6) is -0.397. The smallest absolute Gasteiger partial charge is 0.343 e. The van der Waals surface area contributed by atoms with Crippen molar-refractivity contribution in [2.24, 2.45) is 5.73 Å². The van der Waals surface area contributed by atoms with Gasteiger partial charge in [0.1, 0.15) is 28.6 Å². The van der Waals surface area contributed by atoms with Crippen LogP contribution in [-0.4, -0.2) is 44.5 Å². The van der Waals surface area contributed by atoms with E-state index in [-0.39, 0.29) is 58.0 Å². The maximum Gasteiger partial charge on any atom is 0.343 e. The number of ketones is 1. The highest BCUT2D eigenvalue weighted by atomic mass is 16.5. The molecule has 0 unspecified atom stereocenters. The number of amides is 1. The van der Waals surface area contributed by atoms with Crippen molar-refractivity contribution in [3.05, 3.63) is 63.7 Å². The second-order valence-electron chi connectivity index (χ2n) is 12.0. The Bertz CT molecular complexity index is 1740. The van der Waals surface area contributed by atoms with E-state index in [4.69, 9.17) is 29.4 Å². The van der Waals surface area contributed by atoms with E-state index in [1.807, 2.05) is 20.8 Å². The Labute approximate surface area is 254 Å². The van der Waals surface area contributed by atoms with Crippen molar-refractivity contribution in [2.45, 2.75) is 63.3 Å². The molecule has 2 N–H and O–H groups in total. The minimum atomic E-state index is -1.83. The third-order valence-corrected chi connectivity index (χ3v) is 9.02. The van der Waals surface area contributed by atoms with Crippen LogP contribution in [0, 0.1) is 11.3 Å². The molecule has 2 aromatic rings. The predicted molar refractivity (Wildman–Crippen MR) is 158 cm³/mol. The van der Waals surface area contributed by atoms with Gasteiger partial charge in [0.25, 0.3) is 0 Å². The molecule has 1 aliphatic carbocycles. The van der Waals surface area contributed by atoms with Gasteiger partial charge in [-0.3, -0.25) is 9.59 Å². The summed E-state index contributed by atoms with van der Waals surface area (Å²) in [5, 5.41) is 10.4. The number of carbonyl (C=O) groups is 3. The fourth-order valence-electron chi connectivity index (χ4n) is 7.33. The van der Waals surface area contributed by atoms with Crippen LogP contribution >= 0.6 is 0 Å². The van der Waals surface area contributed by atoms with Crippen LogP contribution < -0.4 is 29.6 Å². The fourth-order valence-corrected chi connectivity index (χ4v) is 7.33. The third-order valence-electron chi connectivity index (χ3n) is 9.02. The second kappa shape index (κ2) is 10.0. The molecule has 3 heterocycles. The molecule has 0 radical (unpaired) electrons. The maximum atomic E-state index is 14.8. The number of anilines is 1. The van der Waals surface area contributed by atoms with Crippen molar-refractivity contribution in [1.29, 1.82) is 5.26 Å². The molecule has 0 fully saturated rings. The number of rotatable bonds is 5. The summed E-state index contributed by atoms with van der Waals surface area (Å²) < 4.78 is 27.9. The molecule has 4 aliphatic rings. The summed E-state index contributed by atoms with van der Waals surface area (Å²) in [6, 6.07) is 8.38. The van der Waals surface area contributed by atoms with E-state index in [0.29, 0.717) is 42.0 Å². The molecule has 11 heteroatoms. The number of allylic oxidation sites excluding steroid dienone is 1. The van der Waals surface area contributed by atoms with E-state index in [1.54, 1.807) is 17.0 Å². The number of nitrogens with two attached hydrogens (primary N) is 1. The Morgan fingerprint density at radius 1 is 1.07 bits per heavy atom. The highest BCUT2D eigenvalue weighted by Crippen LogP contribution is 2.61. The van der Waals surface area contributed by atoms with E-state index >= 15 is 0 Å². The fraction of sp³-hybridized carbons (Fsp3) is 0.394. The molecule has 1 spiro atoms. The maximum absolute atomic E-state index is 14.8. The molecule has 3 aliphatic heterocycles. The molecule has 2 aromatic carbocycles. The normalized spacial score (nSPS) is 23.1. The summed E-state index contributed by atoms with van der Waals surface area (Å²) in [5.41, 5.74) is 5.69. The summed E-state index contributed by atoms with van der Waals surface area (Å²) in [6.45, 7) is 5.95. The second-order valence-corrected chi connectivity index (χ2v) is 12.0. The topological polar surface area (TPSA) is 150 Å². The minimum Gasteiger partial charge on any atom is -0.493 e. The number of benzene rings is 2. The number of methoxy groups -OCH3 is 3. The van der Waals surface area contributed by atoms with Crippen molar-refractivity contribution >= 4 is 23.3 Å². The van der Waals surface area contributed by atoms with E-state index in [9.17, 15) is 19.6 Å². The quantitative estimate of drug-likeness (QED) is 0.383. The average molecular weight is 600 g/mol. The first-order valence-corrected chi connectivity index (χ1v) is 14.3. The van der Waals surface area contributed by atoms with Crippen LogP contribution in [0.15, 0.2) is 47.1 Å². The van der Waals surface area contributed by atoms with Gasteiger partial charge in [-0.05, 0) is 62.4 Å². The first kappa shape index (κ1) is 29.1. The van der Waals surface area contributed by atoms with Gasteiger partial charge in [0.05, 0.1) is 38.2 Å². The number of esters is 1. The Morgan fingerprint density at radius 3 is 2.36 bits per heavy atom. The van der Waals surface area contributed by atoms with Crippen LogP contribution in [0.5, 0.6) is 23.0 Å². The van der Waals surface area contributed by atoms with Crippen LogP contribution in [0.3, 0.4) is 0 Å². The van der Waals surface area contributed by atoms with Gasteiger partial charge in [-0.15, -0.1) is 0 Å². The Kier molecular flexibility index (Phi) is 6.65. The van der Waals surface area contributed by atoms with Crippen molar-refractivity contribution in [1.82, 2.24) is 0 Å². The van der Waals surface area contributed by atoms with Gasteiger partial charge >= 0.3 is 5.97 Å². The SMILES string of the molecule is COc1cc(C(=O)Oc2cc3c4c(c2)[C@]2(C(=O)N4C(C)(C)C[C@H]3C)C(C#N)=C(N)OC3=C2C(=O)CCC3)cc(OC)c1OC. The Hall–Kier alpha value is -4.98. The zero-order valence-corrected chi connectivity index (χ0v) is 25.5. The number of fused-ring (bicyclic) bond motifs is 2. The van der Waals surface area contributed by atoms with E-state index in [2.05, 4.69) is 6.07 Å². The summed E-state index contributed by atoms with van der Waals surface area (Å²) in [7, 11) is 4.35. The number of nitrogens with zero attached hydrogens (tertiary/aromatic N) is 2. The molecule has 0 saturated carbocycles. The molecule has 0 aromatic heterocycles. The van der Waals surface area contributed by atoms with Crippen molar-refractivity contribution in [2.75, 3.05) is 26.2 Å². The zero-order valence-electron chi connectivity index (χ0n) is 25.5. The van der Waals surface area contributed by atoms with Gasteiger partial charge in [-0.2, -0.15) is 5.26 Å². The number of hydrogen-bond donors (Lipinski definition) is 1. The average Bonchev–Trinajstić information content (AvgIpc) is 3.24. The number of Topliss-reactive ketones (excluding diaryl/α,β-unsaturated/α-hetero) is 1. The van der Waals surface area contributed by atoms with Gasteiger partial charge in [-0.1, -0.05) is 6.92 Å². The van der Waals surface area contributed by atoms with Crippen LogP contribution in [-0.2, 0) is 19.7 Å². The zero-order chi connectivity index (χ0) is 31.7. The highest BCUT2D eigenvalue weighted by molar-refractivity contribution is 6.21.